The topological polar surface area (TPSA) is 55.8 Å². The molecule has 0 aliphatic carbocycles. The van der Waals surface area contributed by atoms with Crippen molar-refractivity contribution in [3.05, 3.63) is 29.3 Å². The molecule has 0 spiro atoms. The monoisotopic (exact) mass is 236 g/mol. The summed E-state index contributed by atoms with van der Waals surface area (Å²) in [7, 11) is 0. The van der Waals surface area contributed by atoms with Crippen molar-refractivity contribution < 1.29 is 19.4 Å². The van der Waals surface area contributed by atoms with E-state index in [1.165, 1.54) is 0 Å². The van der Waals surface area contributed by atoms with Gasteiger partial charge in [0.05, 0.1) is 12.7 Å². The summed E-state index contributed by atoms with van der Waals surface area (Å²) in [6.07, 6.45) is -0.401. The maximum atomic E-state index is 11.3. The lowest BCUT2D eigenvalue weighted by atomic mass is 10.1. The van der Waals surface area contributed by atoms with Crippen molar-refractivity contribution in [2.45, 2.75) is 32.5 Å². The minimum Gasteiger partial charge on any atom is -0.478 e. The van der Waals surface area contributed by atoms with Crippen LogP contribution in [0, 0.1) is 6.92 Å². The van der Waals surface area contributed by atoms with Crippen LogP contribution in [0.15, 0.2) is 18.2 Å². The summed E-state index contributed by atoms with van der Waals surface area (Å²) >= 11 is 0. The minimum atomic E-state index is -0.501. The van der Waals surface area contributed by atoms with Gasteiger partial charge >= 0.3 is 5.97 Å². The van der Waals surface area contributed by atoms with E-state index in [0.717, 1.165) is 11.1 Å². The standard InChI is InChI=1S/C13H16O4/c1-8-7-10(9(2)14)3-4-11(8)17-12-5-6-16-13(12)15/h3-4,7,9,12,14H,5-6H2,1-2H3. The molecule has 1 saturated heterocycles. The van der Waals surface area contributed by atoms with Crippen molar-refractivity contribution in [2.75, 3.05) is 6.61 Å². The van der Waals surface area contributed by atoms with Gasteiger partial charge in [-0.1, -0.05) is 6.07 Å². The lowest BCUT2D eigenvalue weighted by Gasteiger charge is -2.14. The minimum absolute atomic E-state index is 0.302. The molecule has 1 aliphatic heterocycles. The molecule has 17 heavy (non-hydrogen) atoms. The molecule has 1 aliphatic rings. The van der Waals surface area contributed by atoms with Gasteiger partial charge in [0.1, 0.15) is 5.75 Å². The van der Waals surface area contributed by atoms with E-state index in [1.807, 2.05) is 13.0 Å². The molecule has 1 aromatic rings. The highest BCUT2D eigenvalue weighted by Gasteiger charge is 2.28. The van der Waals surface area contributed by atoms with Crippen LogP contribution in [0.4, 0.5) is 0 Å². The van der Waals surface area contributed by atoms with Gasteiger partial charge in [-0.25, -0.2) is 4.79 Å². The molecule has 92 valence electrons. The summed E-state index contributed by atoms with van der Waals surface area (Å²) in [6.45, 7) is 4.03. The van der Waals surface area contributed by atoms with Crippen LogP contribution < -0.4 is 4.74 Å². The summed E-state index contributed by atoms with van der Waals surface area (Å²) in [4.78, 5) is 11.3. The molecule has 0 radical (unpaired) electrons. The van der Waals surface area contributed by atoms with E-state index in [1.54, 1.807) is 19.1 Å². The lowest BCUT2D eigenvalue weighted by Crippen LogP contribution is -2.22. The smallest absolute Gasteiger partial charge is 0.347 e. The van der Waals surface area contributed by atoms with Crippen LogP contribution in [0.25, 0.3) is 0 Å². The molecular formula is C13H16O4. The Hall–Kier alpha value is -1.55. The number of cyclic esters (lactones) is 1. The van der Waals surface area contributed by atoms with E-state index in [2.05, 4.69) is 0 Å². The fraction of sp³-hybridized carbons (Fsp3) is 0.462. The third-order valence-corrected chi connectivity index (χ3v) is 2.84. The summed E-state index contributed by atoms with van der Waals surface area (Å²) in [5, 5.41) is 9.45. The highest BCUT2D eigenvalue weighted by Crippen LogP contribution is 2.25. The molecule has 4 nitrogen and oxygen atoms in total. The lowest BCUT2D eigenvalue weighted by molar-refractivity contribution is -0.143. The molecule has 2 unspecified atom stereocenters. The van der Waals surface area contributed by atoms with Gasteiger partial charge in [0.25, 0.3) is 0 Å². The van der Waals surface area contributed by atoms with Gasteiger partial charge in [0.15, 0.2) is 6.10 Å². The van der Waals surface area contributed by atoms with Gasteiger partial charge in [-0.05, 0) is 37.1 Å². The maximum absolute atomic E-state index is 11.3. The number of rotatable bonds is 3. The van der Waals surface area contributed by atoms with E-state index in [4.69, 9.17) is 9.47 Å². The zero-order valence-corrected chi connectivity index (χ0v) is 9.97. The third-order valence-electron chi connectivity index (χ3n) is 2.84. The molecule has 2 atom stereocenters. The Kier molecular flexibility index (Phi) is 3.33. The van der Waals surface area contributed by atoms with Crippen LogP contribution in [0.3, 0.4) is 0 Å². The van der Waals surface area contributed by atoms with Crippen LogP contribution in [0.1, 0.15) is 30.6 Å². The second-order valence-corrected chi connectivity index (χ2v) is 4.26. The average Bonchev–Trinajstić information content (AvgIpc) is 2.67. The van der Waals surface area contributed by atoms with Crippen molar-refractivity contribution in [3.63, 3.8) is 0 Å². The van der Waals surface area contributed by atoms with Crippen molar-refractivity contribution in [1.82, 2.24) is 0 Å². The summed E-state index contributed by atoms with van der Waals surface area (Å²) < 4.78 is 10.4. The SMILES string of the molecule is Cc1cc(C(C)O)ccc1OC1CCOC1=O. The van der Waals surface area contributed by atoms with Gasteiger partial charge in [-0.3, -0.25) is 0 Å². The van der Waals surface area contributed by atoms with Gasteiger partial charge in [-0.2, -0.15) is 0 Å². The molecule has 2 rings (SSSR count). The zero-order valence-electron chi connectivity index (χ0n) is 9.97. The maximum Gasteiger partial charge on any atom is 0.347 e. The van der Waals surface area contributed by atoms with Crippen molar-refractivity contribution in [1.29, 1.82) is 0 Å². The highest BCUT2D eigenvalue weighted by molar-refractivity contribution is 5.76. The Morgan fingerprint density at radius 2 is 2.29 bits per heavy atom. The van der Waals surface area contributed by atoms with E-state index >= 15 is 0 Å². The average molecular weight is 236 g/mol. The van der Waals surface area contributed by atoms with E-state index in [-0.39, 0.29) is 5.97 Å². The number of carbonyl (C=O) groups excluding carboxylic acids is 1. The predicted octanol–water partition coefficient (Wildman–Crippen LogP) is 1.74. The van der Waals surface area contributed by atoms with Crippen molar-refractivity contribution in [2.24, 2.45) is 0 Å². The van der Waals surface area contributed by atoms with Crippen molar-refractivity contribution >= 4 is 5.97 Å². The first-order valence-electron chi connectivity index (χ1n) is 5.70. The number of ether oxygens (including phenoxy) is 2. The zero-order chi connectivity index (χ0) is 12.4. The number of aliphatic hydroxyl groups excluding tert-OH is 1. The molecule has 1 N–H and O–H groups in total. The molecule has 1 heterocycles. The summed E-state index contributed by atoms with van der Waals surface area (Å²) in [5.41, 5.74) is 1.74. The first kappa shape index (κ1) is 11.9. The molecule has 1 fully saturated rings. The first-order chi connectivity index (χ1) is 8.08. The number of benzene rings is 1. The molecule has 0 bridgehead atoms. The normalized spacial score (nSPS) is 21.1. The van der Waals surface area contributed by atoms with Gasteiger partial charge in [0.2, 0.25) is 0 Å². The highest BCUT2D eigenvalue weighted by atomic mass is 16.6. The molecule has 4 heteroatoms. The second kappa shape index (κ2) is 4.75. The number of esters is 1. The molecule has 0 aromatic heterocycles. The van der Waals surface area contributed by atoms with Gasteiger partial charge in [-0.15, -0.1) is 0 Å². The second-order valence-electron chi connectivity index (χ2n) is 4.26. The quantitative estimate of drug-likeness (QED) is 0.812. The fourth-order valence-corrected chi connectivity index (χ4v) is 1.80. The van der Waals surface area contributed by atoms with Crippen LogP contribution in [0.2, 0.25) is 0 Å². The number of hydrogen-bond donors (Lipinski definition) is 1. The van der Waals surface area contributed by atoms with E-state index < -0.39 is 12.2 Å². The Labute approximate surface area is 100 Å². The largest absolute Gasteiger partial charge is 0.478 e. The Bertz CT molecular complexity index is 425. The Morgan fingerprint density at radius 1 is 1.53 bits per heavy atom. The van der Waals surface area contributed by atoms with Crippen LogP contribution in [0.5, 0.6) is 5.75 Å². The fourth-order valence-electron chi connectivity index (χ4n) is 1.80. The summed E-state index contributed by atoms with van der Waals surface area (Å²) in [6, 6.07) is 5.44. The summed E-state index contributed by atoms with van der Waals surface area (Å²) in [5.74, 6) is 0.363. The Balaban J connectivity index is 2.14. The van der Waals surface area contributed by atoms with Crippen molar-refractivity contribution in [3.8, 4) is 5.75 Å². The molecule has 1 aromatic carbocycles. The van der Waals surface area contributed by atoms with E-state index in [9.17, 15) is 9.90 Å². The van der Waals surface area contributed by atoms with Crippen LogP contribution in [-0.4, -0.2) is 23.8 Å². The van der Waals surface area contributed by atoms with Crippen LogP contribution in [-0.2, 0) is 9.53 Å². The molecular weight excluding hydrogens is 220 g/mol. The van der Waals surface area contributed by atoms with E-state index in [0.29, 0.717) is 18.8 Å². The Morgan fingerprint density at radius 3 is 2.82 bits per heavy atom. The van der Waals surface area contributed by atoms with Gasteiger partial charge in [0, 0.05) is 6.42 Å². The third kappa shape index (κ3) is 2.58. The van der Waals surface area contributed by atoms with Crippen LogP contribution >= 0.6 is 0 Å². The van der Waals surface area contributed by atoms with Gasteiger partial charge < -0.3 is 14.6 Å². The first-order valence-corrected chi connectivity index (χ1v) is 5.70. The number of aliphatic hydroxyl groups is 1. The predicted molar refractivity (Wildman–Crippen MR) is 61.8 cm³/mol. The number of aryl methyl sites for hydroxylation is 1. The number of carbonyl (C=O) groups is 1. The molecule has 0 saturated carbocycles. The molecule has 0 amide bonds. The number of hydrogen-bond acceptors (Lipinski definition) is 4.